The van der Waals surface area contributed by atoms with Gasteiger partial charge in [0.15, 0.2) is 0 Å². The lowest BCUT2D eigenvalue weighted by Crippen LogP contribution is -2.46. The third-order valence-electron chi connectivity index (χ3n) is 4.54. The van der Waals surface area contributed by atoms with E-state index in [1.165, 1.54) is 42.3 Å². The van der Waals surface area contributed by atoms with Crippen LogP contribution in [0.1, 0.15) is 31.1 Å². The van der Waals surface area contributed by atoms with Crippen LogP contribution in [-0.2, 0) is 20.6 Å². The largest absolute Gasteiger partial charge is 0.385 e. The fraction of sp³-hybridized carbons (Fsp3) is 0.778. The zero-order valence-electron chi connectivity index (χ0n) is 15.4. The molecule has 134 valence electrons. The molecular formula is C18H34O3SSi. The van der Waals surface area contributed by atoms with Crippen LogP contribution in [0.15, 0.2) is 12.1 Å². The van der Waals surface area contributed by atoms with Crippen molar-refractivity contribution in [3.63, 3.8) is 0 Å². The zero-order valence-corrected chi connectivity index (χ0v) is 17.2. The molecule has 5 heteroatoms. The van der Waals surface area contributed by atoms with Gasteiger partial charge in [0.2, 0.25) is 0 Å². The first kappa shape index (κ1) is 20.8. The molecule has 0 aromatic carbocycles. The van der Waals surface area contributed by atoms with Crippen molar-refractivity contribution < 1.29 is 14.2 Å². The van der Waals surface area contributed by atoms with Gasteiger partial charge >= 0.3 is 0 Å². The predicted octanol–water partition coefficient (Wildman–Crippen LogP) is 4.08. The fourth-order valence-corrected chi connectivity index (χ4v) is 10.5. The highest BCUT2D eigenvalue weighted by molar-refractivity contribution is 7.27. The first-order valence-electron chi connectivity index (χ1n) is 8.78. The molecule has 0 radical (unpaired) electrons. The van der Waals surface area contributed by atoms with Gasteiger partial charge in [-0.25, -0.2) is 0 Å². The van der Waals surface area contributed by atoms with Gasteiger partial charge < -0.3 is 14.2 Å². The molecule has 0 bridgehead atoms. The molecular weight excluding hydrogens is 324 g/mol. The highest BCUT2D eigenvalue weighted by Gasteiger charge is 2.35. The minimum atomic E-state index is -1.50. The average Bonchev–Trinajstić information content (AvgIpc) is 3.04. The summed E-state index contributed by atoms with van der Waals surface area (Å²) in [6.45, 7) is 4.86. The Morgan fingerprint density at radius 2 is 1.30 bits per heavy atom. The van der Waals surface area contributed by atoms with Crippen LogP contribution in [0.25, 0.3) is 0 Å². The van der Waals surface area contributed by atoms with E-state index >= 15 is 0 Å². The van der Waals surface area contributed by atoms with Crippen molar-refractivity contribution >= 4 is 23.9 Å². The van der Waals surface area contributed by atoms with Crippen molar-refractivity contribution in [3.05, 3.63) is 17.0 Å². The first-order chi connectivity index (χ1) is 11.2. The summed E-state index contributed by atoms with van der Waals surface area (Å²) in [6, 6.07) is 8.71. The van der Waals surface area contributed by atoms with Crippen LogP contribution in [0, 0.1) is 0 Å². The number of rotatable bonds is 14. The van der Waals surface area contributed by atoms with Crippen molar-refractivity contribution in [1.29, 1.82) is 0 Å². The van der Waals surface area contributed by atoms with Gasteiger partial charge in [0.05, 0.1) is 8.07 Å². The number of methoxy groups -OCH3 is 3. The Bertz CT molecular complexity index is 382. The van der Waals surface area contributed by atoms with E-state index < -0.39 is 8.07 Å². The van der Waals surface area contributed by atoms with Crippen molar-refractivity contribution in [2.45, 2.75) is 50.7 Å². The second-order valence-electron chi connectivity index (χ2n) is 6.19. The summed E-state index contributed by atoms with van der Waals surface area (Å²) in [5.74, 6) is 0. The minimum absolute atomic E-state index is 0.870. The molecule has 3 nitrogen and oxygen atoms in total. The third kappa shape index (κ3) is 7.06. The maximum Gasteiger partial charge on any atom is 0.0997 e. The number of ether oxygens (including phenoxy) is 3. The van der Waals surface area contributed by atoms with E-state index in [9.17, 15) is 0 Å². The molecule has 1 aromatic rings. The van der Waals surface area contributed by atoms with Crippen LogP contribution in [0.5, 0.6) is 0 Å². The molecule has 1 heterocycles. The highest BCUT2D eigenvalue weighted by atomic mass is 32.1. The predicted molar refractivity (Wildman–Crippen MR) is 103 cm³/mol. The van der Waals surface area contributed by atoms with Crippen LogP contribution in [0.3, 0.4) is 0 Å². The van der Waals surface area contributed by atoms with Crippen LogP contribution in [-0.4, -0.2) is 49.2 Å². The zero-order chi connectivity index (χ0) is 17.0. The van der Waals surface area contributed by atoms with Gasteiger partial charge in [-0.05, 0) is 36.3 Å². The van der Waals surface area contributed by atoms with E-state index in [0.29, 0.717) is 0 Å². The number of hydrogen-bond acceptors (Lipinski definition) is 4. The summed E-state index contributed by atoms with van der Waals surface area (Å²) in [6.07, 6.45) is 4.65. The molecule has 0 aliphatic rings. The van der Waals surface area contributed by atoms with Crippen molar-refractivity contribution in [2.24, 2.45) is 0 Å². The maximum atomic E-state index is 5.33. The summed E-state index contributed by atoms with van der Waals surface area (Å²) in [4.78, 5) is 1.52. The lowest BCUT2D eigenvalue weighted by molar-refractivity contribution is 0.195. The molecule has 0 fully saturated rings. The Balaban J connectivity index is 2.93. The van der Waals surface area contributed by atoms with E-state index in [4.69, 9.17) is 14.2 Å². The molecule has 23 heavy (non-hydrogen) atoms. The minimum Gasteiger partial charge on any atom is -0.385 e. The molecule has 0 saturated carbocycles. The Labute approximate surface area is 147 Å². The molecule has 0 N–H and O–H groups in total. The van der Waals surface area contributed by atoms with Gasteiger partial charge in [0.1, 0.15) is 0 Å². The van der Waals surface area contributed by atoms with E-state index in [0.717, 1.165) is 26.2 Å². The summed E-state index contributed by atoms with van der Waals surface area (Å²) in [7, 11) is 3.91. The molecule has 0 aliphatic heterocycles. The second kappa shape index (κ2) is 12.2. The Morgan fingerprint density at radius 1 is 0.826 bits per heavy atom. The fourth-order valence-electron chi connectivity index (χ4n) is 3.26. The van der Waals surface area contributed by atoms with Crippen molar-refractivity contribution in [3.8, 4) is 0 Å². The average molecular weight is 359 g/mol. The van der Waals surface area contributed by atoms with Gasteiger partial charge in [-0.3, -0.25) is 0 Å². The van der Waals surface area contributed by atoms with Crippen molar-refractivity contribution in [2.75, 3.05) is 41.2 Å². The van der Waals surface area contributed by atoms with Gasteiger partial charge in [0.25, 0.3) is 0 Å². The SMILES string of the molecule is CCc1ccc([Si](CCCOC)(CCCOC)CCCOC)s1. The van der Waals surface area contributed by atoms with Crippen LogP contribution in [0.4, 0.5) is 0 Å². The quantitative estimate of drug-likeness (QED) is 0.370. The molecule has 0 saturated heterocycles. The number of hydrogen-bond donors (Lipinski definition) is 0. The summed E-state index contributed by atoms with van der Waals surface area (Å²) < 4.78 is 17.7. The number of aryl methyl sites for hydroxylation is 1. The van der Waals surface area contributed by atoms with Gasteiger partial charge in [0, 0.05) is 46.0 Å². The maximum absolute atomic E-state index is 5.33. The standard InChI is InChI=1S/C18H34O3SSi/c1-5-17-9-10-18(22-17)23(14-6-11-19-2,15-7-12-20-3)16-8-13-21-4/h9-10H,5-8,11-16H2,1-4H3. The Morgan fingerprint density at radius 3 is 1.65 bits per heavy atom. The molecule has 0 spiro atoms. The van der Waals surface area contributed by atoms with Crippen LogP contribution < -0.4 is 4.50 Å². The van der Waals surface area contributed by atoms with Gasteiger partial charge in [-0.2, -0.15) is 11.3 Å². The highest BCUT2D eigenvalue weighted by Crippen LogP contribution is 2.29. The van der Waals surface area contributed by atoms with Gasteiger partial charge in [-0.1, -0.05) is 31.1 Å². The topological polar surface area (TPSA) is 27.7 Å². The smallest absolute Gasteiger partial charge is 0.0997 e. The summed E-state index contributed by atoms with van der Waals surface area (Å²) >= 11 is 2.05. The molecule has 0 aliphatic carbocycles. The molecule has 0 amide bonds. The summed E-state index contributed by atoms with van der Waals surface area (Å²) in [5.41, 5.74) is 0. The van der Waals surface area contributed by atoms with E-state index in [-0.39, 0.29) is 0 Å². The Hall–Kier alpha value is -0.203. The second-order valence-corrected chi connectivity index (χ2v) is 12.3. The molecule has 1 rings (SSSR count). The monoisotopic (exact) mass is 358 g/mol. The van der Waals surface area contributed by atoms with E-state index in [1.807, 2.05) is 0 Å². The third-order valence-corrected chi connectivity index (χ3v) is 12.3. The van der Waals surface area contributed by atoms with Gasteiger partial charge in [-0.15, -0.1) is 0 Å². The first-order valence-corrected chi connectivity index (χ1v) is 12.2. The number of thiophene rings is 1. The summed E-state index contributed by atoms with van der Waals surface area (Å²) in [5, 5.41) is 0. The van der Waals surface area contributed by atoms with E-state index in [2.05, 4.69) is 30.4 Å². The molecule has 0 atom stereocenters. The normalized spacial score (nSPS) is 12.0. The Kier molecular flexibility index (Phi) is 11.1. The molecule has 0 unspecified atom stereocenters. The van der Waals surface area contributed by atoms with Crippen LogP contribution >= 0.6 is 11.3 Å². The van der Waals surface area contributed by atoms with Crippen LogP contribution in [0.2, 0.25) is 18.1 Å². The molecule has 1 aromatic heterocycles. The van der Waals surface area contributed by atoms with E-state index in [1.54, 1.807) is 25.8 Å². The lowest BCUT2D eigenvalue weighted by atomic mass is 10.4. The van der Waals surface area contributed by atoms with Crippen molar-refractivity contribution in [1.82, 2.24) is 0 Å². The lowest BCUT2D eigenvalue weighted by Gasteiger charge is -2.31.